The highest BCUT2D eigenvalue weighted by atomic mass is 32.2. The van der Waals surface area contributed by atoms with Gasteiger partial charge in [-0.1, -0.05) is 13.8 Å². The molecule has 6 heteroatoms. The fraction of sp³-hybridized carbons (Fsp3) is 0.429. The van der Waals surface area contributed by atoms with E-state index in [1.165, 1.54) is 11.8 Å². The summed E-state index contributed by atoms with van der Waals surface area (Å²) in [4.78, 5) is 24.3. The molecule has 0 saturated carbocycles. The molecule has 0 radical (unpaired) electrons. The molecule has 2 rings (SSSR count). The van der Waals surface area contributed by atoms with Crippen molar-refractivity contribution >= 4 is 35.0 Å². The Labute approximate surface area is 122 Å². The lowest BCUT2D eigenvalue weighted by Crippen LogP contribution is -2.36. The number of thioether (sulfide) groups is 1. The van der Waals surface area contributed by atoms with E-state index in [9.17, 15) is 9.59 Å². The lowest BCUT2D eigenvalue weighted by molar-refractivity contribution is -0.117. The number of benzene rings is 1. The number of nitrogens with two attached hydrogens (primary N) is 1. The van der Waals surface area contributed by atoms with Crippen molar-refractivity contribution in [1.29, 1.82) is 0 Å². The number of nitrogens with one attached hydrogen (secondary N) is 2. The van der Waals surface area contributed by atoms with Gasteiger partial charge in [0.25, 0.3) is 0 Å². The van der Waals surface area contributed by atoms with Crippen LogP contribution in [0.15, 0.2) is 23.1 Å². The normalized spacial score (nSPS) is 15.5. The molecule has 0 aromatic heterocycles. The molecule has 20 heavy (non-hydrogen) atoms. The summed E-state index contributed by atoms with van der Waals surface area (Å²) in [7, 11) is 0. The van der Waals surface area contributed by atoms with Gasteiger partial charge in [-0.25, -0.2) is 0 Å². The van der Waals surface area contributed by atoms with Gasteiger partial charge in [0.2, 0.25) is 11.8 Å². The Hall–Kier alpha value is -1.53. The van der Waals surface area contributed by atoms with E-state index in [2.05, 4.69) is 10.6 Å². The molecular weight excluding hydrogens is 274 g/mol. The van der Waals surface area contributed by atoms with Crippen LogP contribution < -0.4 is 16.4 Å². The first-order chi connectivity index (χ1) is 9.45. The molecule has 0 bridgehead atoms. The van der Waals surface area contributed by atoms with E-state index in [1.807, 2.05) is 26.0 Å². The number of hydrogen-bond donors (Lipinski definition) is 3. The summed E-state index contributed by atoms with van der Waals surface area (Å²) in [5.41, 5.74) is 7.23. The third-order valence-corrected chi connectivity index (χ3v) is 4.02. The van der Waals surface area contributed by atoms with Gasteiger partial charge >= 0.3 is 0 Å². The molecular formula is C14H19N3O2S. The zero-order chi connectivity index (χ0) is 14.7. The van der Waals surface area contributed by atoms with Gasteiger partial charge in [0, 0.05) is 10.6 Å². The second kappa shape index (κ2) is 6.28. The Morgan fingerprint density at radius 2 is 2.25 bits per heavy atom. The summed E-state index contributed by atoms with van der Waals surface area (Å²) >= 11 is 1.49. The molecule has 1 unspecified atom stereocenters. The average Bonchev–Trinajstić information content (AvgIpc) is 2.37. The van der Waals surface area contributed by atoms with E-state index in [0.29, 0.717) is 23.8 Å². The summed E-state index contributed by atoms with van der Waals surface area (Å²) in [6, 6.07) is 4.96. The molecule has 0 spiro atoms. The smallest absolute Gasteiger partial charge is 0.241 e. The number of fused-ring (bicyclic) bond motifs is 1. The van der Waals surface area contributed by atoms with Crippen LogP contribution in [0.4, 0.5) is 11.4 Å². The molecule has 2 amide bonds. The number of carbonyl (C=O) groups excluding carboxylic acids is 2. The van der Waals surface area contributed by atoms with Gasteiger partial charge in [-0.2, -0.15) is 0 Å². The summed E-state index contributed by atoms with van der Waals surface area (Å²) in [5, 5.41) is 5.58. The molecule has 1 atom stereocenters. The lowest BCUT2D eigenvalue weighted by Gasteiger charge is -2.18. The van der Waals surface area contributed by atoms with Crippen molar-refractivity contribution in [3.63, 3.8) is 0 Å². The van der Waals surface area contributed by atoms with Crippen molar-refractivity contribution in [2.45, 2.75) is 31.2 Å². The monoisotopic (exact) mass is 293 g/mol. The van der Waals surface area contributed by atoms with E-state index < -0.39 is 6.04 Å². The predicted octanol–water partition coefficient (Wildman–Crippen LogP) is 2.04. The molecule has 0 fully saturated rings. The summed E-state index contributed by atoms with van der Waals surface area (Å²) in [5.74, 6) is 0.573. The number of amides is 2. The lowest BCUT2D eigenvalue weighted by atomic mass is 10.0. The molecule has 4 N–H and O–H groups in total. The van der Waals surface area contributed by atoms with Crippen molar-refractivity contribution in [1.82, 2.24) is 0 Å². The van der Waals surface area contributed by atoms with E-state index in [1.54, 1.807) is 6.07 Å². The van der Waals surface area contributed by atoms with Crippen LogP contribution in [0.1, 0.15) is 20.3 Å². The van der Waals surface area contributed by atoms with Gasteiger partial charge in [-0.15, -0.1) is 11.8 Å². The highest BCUT2D eigenvalue weighted by Crippen LogP contribution is 2.33. The third kappa shape index (κ3) is 3.74. The largest absolute Gasteiger partial charge is 0.325 e. The van der Waals surface area contributed by atoms with Crippen LogP contribution >= 0.6 is 11.8 Å². The van der Waals surface area contributed by atoms with Crippen LogP contribution in [0.3, 0.4) is 0 Å². The molecule has 1 aliphatic rings. The summed E-state index contributed by atoms with van der Waals surface area (Å²) < 4.78 is 0. The maximum atomic E-state index is 12.0. The Morgan fingerprint density at radius 1 is 1.50 bits per heavy atom. The molecule has 1 aliphatic heterocycles. The van der Waals surface area contributed by atoms with Crippen molar-refractivity contribution in [2.75, 3.05) is 16.4 Å². The van der Waals surface area contributed by atoms with Crippen LogP contribution in [0.25, 0.3) is 0 Å². The van der Waals surface area contributed by atoms with Crippen LogP contribution in [0, 0.1) is 5.92 Å². The molecule has 5 nitrogen and oxygen atoms in total. The Balaban J connectivity index is 2.05. The first kappa shape index (κ1) is 14.9. The molecule has 0 saturated heterocycles. The Morgan fingerprint density at radius 3 is 2.95 bits per heavy atom. The summed E-state index contributed by atoms with van der Waals surface area (Å²) in [6.07, 6.45) is 0.642. The zero-order valence-electron chi connectivity index (χ0n) is 11.6. The van der Waals surface area contributed by atoms with Crippen molar-refractivity contribution in [3.8, 4) is 0 Å². The van der Waals surface area contributed by atoms with Gasteiger partial charge in [0.1, 0.15) is 0 Å². The Kier molecular flexibility index (Phi) is 4.67. The van der Waals surface area contributed by atoms with Gasteiger partial charge in [-0.05, 0) is 30.5 Å². The van der Waals surface area contributed by atoms with Crippen molar-refractivity contribution in [2.24, 2.45) is 11.7 Å². The van der Waals surface area contributed by atoms with Crippen LogP contribution in [0.5, 0.6) is 0 Å². The number of anilines is 2. The van der Waals surface area contributed by atoms with Gasteiger partial charge in [0.15, 0.2) is 0 Å². The maximum Gasteiger partial charge on any atom is 0.241 e. The van der Waals surface area contributed by atoms with Gasteiger partial charge in [-0.3, -0.25) is 9.59 Å². The Bertz CT molecular complexity index is 531. The predicted molar refractivity (Wildman–Crippen MR) is 81.9 cm³/mol. The van der Waals surface area contributed by atoms with Crippen LogP contribution in [-0.2, 0) is 9.59 Å². The fourth-order valence-electron chi connectivity index (χ4n) is 2.01. The maximum absolute atomic E-state index is 12.0. The van der Waals surface area contributed by atoms with E-state index in [0.717, 1.165) is 10.6 Å². The fourth-order valence-corrected chi connectivity index (χ4v) is 2.80. The van der Waals surface area contributed by atoms with Gasteiger partial charge < -0.3 is 16.4 Å². The third-order valence-electron chi connectivity index (χ3n) is 2.94. The van der Waals surface area contributed by atoms with Crippen molar-refractivity contribution < 1.29 is 9.59 Å². The minimum Gasteiger partial charge on any atom is -0.325 e. The second-order valence-electron chi connectivity index (χ2n) is 5.27. The average molecular weight is 293 g/mol. The van der Waals surface area contributed by atoms with Gasteiger partial charge in [0.05, 0.1) is 17.5 Å². The number of hydrogen-bond acceptors (Lipinski definition) is 4. The first-order valence-electron chi connectivity index (χ1n) is 6.59. The SMILES string of the molecule is CC(C)CC(N)C(=O)Nc1ccc2c(c1)NC(=O)CS2. The van der Waals surface area contributed by atoms with Crippen LogP contribution in [0.2, 0.25) is 0 Å². The molecule has 1 aromatic carbocycles. The van der Waals surface area contributed by atoms with E-state index in [4.69, 9.17) is 5.73 Å². The minimum atomic E-state index is -0.519. The van der Waals surface area contributed by atoms with Crippen molar-refractivity contribution in [3.05, 3.63) is 18.2 Å². The van der Waals surface area contributed by atoms with E-state index in [-0.39, 0.29) is 11.8 Å². The first-order valence-corrected chi connectivity index (χ1v) is 7.57. The molecule has 1 heterocycles. The number of carbonyl (C=O) groups is 2. The zero-order valence-corrected chi connectivity index (χ0v) is 12.4. The topological polar surface area (TPSA) is 84.2 Å². The molecule has 0 aliphatic carbocycles. The highest BCUT2D eigenvalue weighted by molar-refractivity contribution is 8.00. The second-order valence-corrected chi connectivity index (χ2v) is 6.29. The van der Waals surface area contributed by atoms with E-state index >= 15 is 0 Å². The number of rotatable bonds is 4. The summed E-state index contributed by atoms with van der Waals surface area (Å²) in [6.45, 7) is 4.05. The molecule has 108 valence electrons. The standard InChI is InChI=1S/C14H19N3O2S/c1-8(2)5-10(15)14(19)16-9-3-4-12-11(6-9)17-13(18)7-20-12/h3-4,6,8,10H,5,7,15H2,1-2H3,(H,16,19)(H,17,18). The quantitative estimate of drug-likeness (QED) is 0.793. The minimum absolute atomic E-state index is 0.0255. The molecule has 1 aromatic rings. The van der Waals surface area contributed by atoms with Crippen LogP contribution in [-0.4, -0.2) is 23.6 Å². The highest BCUT2D eigenvalue weighted by Gasteiger charge is 2.18.